The quantitative estimate of drug-likeness (QED) is 0.799. The Labute approximate surface area is 133 Å². The fourth-order valence-corrected chi connectivity index (χ4v) is 2.66. The van der Waals surface area contributed by atoms with E-state index in [1.165, 1.54) is 0 Å². The van der Waals surface area contributed by atoms with E-state index in [0.717, 1.165) is 31.6 Å². The van der Waals surface area contributed by atoms with Gasteiger partial charge in [0.05, 0.1) is 6.04 Å². The first-order chi connectivity index (χ1) is 10.5. The normalized spacial score (nSPS) is 16.2. The zero-order valence-corrected chi connectivity index (χ0v) is 14.1. The Morgan fingerprint density at radius 3 is 2.18 bits per heavy atom. The van der Waals surface area contributed by atoms with E-state index in [-0.39, 0.29) is 11.9 Å². The van der Waals surface area contributed by atoms with Crippen molar-refractivity contribution in [3.63, 3.8) is 0 Å². The van der Waals surface area contributed by atoms with Crippen LogP contribution in [0.25, 0.3) is 0 Å². The molecule has 1 aliphatic heterocycles. The second-order valence-electron chi connectivity index (χ2n) is 6.41. The molecule has 1 aromatic carbocycles. The molecular formula is C18H27N3O. The fraction of sp³-hybridized carbons (Fsp3) is 0.556. The molecule has 4 nitrogen and oxygen atoms in total. The molecule has 2 rings (SSSR count). The lowest BCUT2D eigenvalue weighted by atomic mass is 10.1. The van der Waals surface area contributed by atoms with Gasteiger partial charge < -0.3 is 4.90 Å². The molecule has 1 aliphatic rings. The summed E-state index contributed by atoms with van der Waals surface area (Å²) in [5.41, 5.74) is 1.83. The van der Waals surface area contributed by atoms with Crippen molar-refractivity contribution < 1.29 is 4.79 Å². The van der Waals surface area contributed by atoms with Crippen molar-refractivity contribution in [3.8, 4) is 0 Å². The fourth-order valence-electron chi connectivity index (χ4n) is 2.66. The molecule has 0 aliphatic carbocycles. The van der Waals surface area contributed by atoms with E-state index in [4.69, 9.17) is 0 Å². The van der Waals surface area contributed by atoms with E-state index in [0.29, 0.717) is 11.6 Å². The minimum atomic E-state index is -0.0191. The van der Waals surface area contributed by atoms with E-state index in [9.17, 15) is 4.79 Å². The Kier molecular flexibility index (Phi) is 5.72. The zero-order chi connectivity index (χ0) is 16.1. The Hall–Kier alpha value is -1.68. The van der Waals surface area contributed by atoms with Crippen LogP contribution in [0.2, 0.25) is 0 Å². The summed E-state index contributed by atoms with van der Waals surface area (Å²) < 4.78 is 0. The van der Waals surface area contributed by atoms with Gasteiger partial charge in [0.1, 0.15) is 0 Å². The molecule has 0 unspecified atom stereocenters. The van der Waals surface area contributed by atoms with Crippen LogP contribution in [0.5, 0.6) is 0 Å². The number of hydrogen-bond acceptors (Lipinski definition) is 3. The highest BCUT2D eigenvalue weighted by Gasteiger charge is 2.22. The zero-order valence-electron chi connectivity index (χ0n) is 14.1. The number of hydrogen-bond donors (Lipinski definition) is 0. The molecule has 1 fully saturated rings. The molecule has 22 heavy (non-hydrogen) atoms. The summed E-state index contributed by atoms with van der Waals surface area (Å²) in [6.07, 6.45) is 1.90. The average molecular weight is 301 g/mol. The standard InChI is InChI=1S/C18H27N3O/c1-14(2)20-12-10-17(11-13-20)19-21(15(3)4)18(22)16-8-6-5-7-9-16/h5-9,14-15H,10-13H2,1-4H3. The maximum absolute atomic E-state index is 12.6. The van der Waals surface area contributed by atoms with Crippen molar-refractivity contribution in [2.45, 2.75) is 52.6 Å². The van der Waals surface area contributed by atoms with Gasteiger partial charge >= 0.3 is 0 Å². The number of hydrazone groups is 1. The first kappa shape index (κ1) is 16.7. The third kappa shape index (κ3) is 4.17. The predicted octanol–water partition coefficient (Wildman–Crippen LogP) is 3.40. The SMILES string of the molecule is CC(C)N1CCC(=NN(C(=O)c2ccccc2)C(C)C)CC1. The highest BCUT2D eigenvalue weighted by atomic mass is 16.2. The van der Waals surface area contributed by atoms with E-state index in [2.05, 4.69) is 23.8 Å². The summed E-state index contributed by atoms with van der Waals surface area (Å²) in [5.74, 6) is -0.0191. The van der Waals surface area contributed by atoms with Crippen molar-refractivity contribution in [1.29, 1.82) is 0 Å². The lowest BCUT2D eigenvalue weighted by Gasteiger charge is -2.32. The Bertz CT molecular complexity index is 512. The molecule has 1 amide bonds. The summed E-state index contributed by atoms with van der Waals surface area (Å²) in [6.45, 7) is 10.5. The number of piperidine rings is 1. The number of carbonyl (C=O) groups excluding carboxylic acids is 1. The number of carbonyl (C=O) groups is 1. The van der Waals surface area contributed by atoms with Crippen LogP contribution in [-0.2, 0) is 0 Å². The van der Waals surface area contributed by atoms with Gasteiger partial charge in [-0.25, -0.2) is 5.01 Å². The van der Waals surface area contributed by atoms with Crippen LogP contribution in [0, 0.1) is 0 Å². The van der Waals surface area contributed by atoms with Crippen LogP contribution in [-0.4, -0.2) is 46.7 Å². The summed E-state index contributed by atoms with van der Waals surface area (Å²) in [6, 6.07) is 10.0. The Morgan fingerprint density at radius 2 is 1.68 bits per heavy atom. The molecule has 0 N–H and O–H groups in total. The summed E-state index contributed by atoms with van der Waals surface area (Å²) in [7, 11) is 0. The van der Waals surface area contributed by atoms with Gasteiger partial charge in [-0.05, 0) is 39.8 Å². The number of likely N-dealkylation sites (tertiary alicyclic amines) is 1. The van der Waals surface area contributed by atoms with Crippen molar-refractivity contribution >= 4 is 11.6 Å². The van der Waals surface area contributed by atoms with Gasteiger partial charge in [-0.2, -0.15) is 5.10 Å². The molecule has 0 saturated carbocycles. The Morgan fingerprint density at radius 1 is 1.09 bits per heavy atom. The minimum absolute atomic E-state index is 0.0191. The van der Waals surface area contributed by atoms with Crippen LogP contribution in [0.15, 0.2) is 35.4 Å². The first-order valence-corrected chi connectivity index (χ1v) is 8.18. The molecule has 120 valence electrons. The van der Waals surface area contributed by atoms with E-state index in [1.54, 1.807) is 5.01 Å². The molecular weight excluding hydrogens is 274 g/mol. The van der Waals surface area contributed by atoms with E-state index < -0.39 is 0 Å². The second-order valence-corrected chi connectivity index (χ2v) is 6.41. The molecule has 0 radical (unpaired) electrons. The van der Waals surface area contributed by atoms with Crippen molar-refractivity contribution in [1.82, 2.24) is 9.91 Å². The van der Waals surface area contributed by atoms with Gasteiger partial charge in [0.2, 0.25) is 0 Å². The maximum Gasteiger partial charge on any atom is 0.274 e. The minimum Gasteiger partial charge on any atom is -0.300 e. The van der Waals surface area contributed by atoms with Gasteiger partial charge in [-0.1, -0.05) is 18.2 Å². The van der Waals surface area contributed by atoms with Gasteiger partial charge in [0.25, 0.3) is 5.91 Å². The molecule has 0 atom stereocenters. The maximum atomic E-state index is 12.6. The number of nitrogens with zero attached hydrogens (tertiary/aromatic N) is 3. The third-order valence-corrected chi connectivity index (χ3v) is 4.07. The highest BCUT2D eigenvalue weighted by molar-refractivity contribution is 5.95. The first-order valence-electron chi connectivity index (χ1n) is 8.18. The monoisotopic (exact) mass is 301 g/mol. The van der Waals surface area contributed by atoms with Crippen molar-refractivity contribution in [2.75, 3.05) is 13.1 Å². The number of benzene rings is 1. The van der Waals surface area contributed by atoms with Crippen LogP contribution in [0.1, 0.15) is 50.9 Å². The molecule has 0 aromatic heterocycles. The largest absolute Gasteiger partial charge is 0.300 e. The van der Waals surface area contributed by atoms with Gasteiger partial charge in [-0.3, -0.25) is 4.79 Å². The van der Waals surface area contributed by atoms with E-state index in [1.807, 2.05) is 44.2 Å². The smallest absolute Gasteiger partial charge is 0.274 e. The van der Waals surface area contributed by atoms with Crippen molar-refractivity contribution in [2.24, 2.45) is 5.10 Å². The van der Waals surface area contributed by atoms with Crippen LogP contribution < -0.4 is 0 Å². The molecule has 1 aromatic rings. The average Bonchev–Trinajstić information content (AvgIpc) is 2.53. The Balaban J connectivity index is 2.10. The predicted molar refractivity (Wildman–Crippen MR) is 91.1 cm³/mol. The number of rotatable bonds is 4. The molecule has 0 spiro atoms. The third-order valence-electron chi connectivity index (χ3n) is 4.07. The summed E-state index contributed by atoms with van der Waals surface area (Å²) >= 11 is 0. The van der Waals surface area contributed by atoms with Gasteiger partial charge in [-0.15, -0.1) is 0 Å². The molecule has 4 heteroatoms. The molecule has 1 heterocycles. The summed E-state index contributed by atoms with van der Waals surface area (Å²) in [4.78, 5) is 15.1. The molecule has 0 bridgehead atoms. The lowest BCUT2D eigenvalue weighted by Crippen LogP contribution is -2.40. The lowest BCUT2D eigenvalue weighted by molar-refractivity contribution is 0.0709. The second kappa shape index (κ2) is 7.54. The number of amides is 1. The van der Waals surface area contributed by atoms with Crippen LogP contribution in [0.3, 0.4) is 0 Å². The van der Waals surface area contributed by atoms with Crippen molar-refractivity contribution in [3.05, 3.63) is 35.9 Å². The highest BCUT2D eigenvalue weighted by Crippen LogP contribution is 2.14. The van der Waals surface area contributed by atoms with Gasteiger partial charge in [0.15, 0.2) is 0 Å². The van der Waals surface area contributed by atoms with E-state index >= 15 is 0 Å². The summed E-state index contributed by atoms with van der Waals surface area (Å²) in [5, 5.41) is 6.31. The van der Waals surface area contributed by atoms with Crippen LogP contribution >= 0.6 is 0 Å². The molecule has 1 saturated heterocycles. The van der Waals surface area contributed by atoms with Gasteiger partial charge in [0, 0.05) is 43.2 Å². The van der Waals surface area contributed by atoms with Crippen LogP contribution in [0.4, 0.5) is 0 Å². The topological polar surface area (TPSA) is 35.9 Å².